The highest BCUT2D eigenvalue weighted by Gasteiger charge is 2.19. The first-order valence-electron chi connectivity index (χ1n) is 10.8. The number of ketones is 1. The van der Waals surface area contributed by atoms with Crippen LogP contribution < -0.4 is 16.2 Å². The molecule has 0 radical (unpaired) electrons. The molecule has 5 N–H and O–H groups in total. The van der Waals surface area contributed by atoms with Crippen LogP contribution in [-0.2, 0) is 0 Å². The lowest BCUT2D eigenvalue weighted by molar-refractivity contribution is 0.103. The molecule has 0 saturated carbocycles. The summed E-state index contributed by atoms with van der Waals surface area (Å²) < 4.78 is 61.5. The highest BCUT2D eigenvalue weighted by molar-refractivity contribution is 6.12. The van der Waals surface area contributed by atoms with Crippen LogP contribution in [0.25, 0.3) is 17.1 Å². The molecule has 0 bridgehead atoms. The normalized spacial score (nSPS) is 12.9. The van der Waals surface area contributed by atoms with Crippen molar-refractivity contribution in [1.82, 2.24) is 14.8 Å². The van der Waals surface area contributed by atoms with Crippen LogP contribution in [0.5, 0.6) is 5.75 Å². The van der Waals surface area contributed by atoms with Crippen molar-refractivity contribution in [3.63, 3.8) is 0 Å². The Morgan fingerprint density at radius 3 is 2.57 bits per heavy atom. The zero-order valence-electron chi connectivity index (χ0n) is 19.7. The van der Waals surface area contributed by atoms with Gasteiger partial charge in [-0.25, -0.2) is 17.9 Å². The van der Waals surface area contributed by atoms with E-state index in [9.17, 15) is 22.4 Å². The fourth-order valence-corrected chi connectivity index (χ4v) is 3.53. The van der Waals surface area contributed by atoms with E-state index in [1.165, 1.54) is 53.5 Å². The minimum Gasteiger partial charge on any atom is -0.454 e. The summed E-state index contributed by atoms with van der Waals surface area (Å²) in [4.78, 5) is 15.9. The third-order valence-corrected chi connectivity index (χ3v) is 5.24. The molecule has 2 heterocycles. The number of nitrogen functional groups attached to an aromatic ring is 2. The van der Waals surface area contributed by atoms with Gasteiger partial charge in [-0.05, 0) is 55.8 Å². The number of carbonyl (C=O) groups is 1. The topological polar surface area (TPSA) is 112 Å². The molecule has 0 atom stereocenters. The predicted octanol–water partition coefficient (Wildman–Crippen LogP) is 5.87. The number of hydrogen-bond donors (Lipinski definition) is 3. The number of nitrogens with zero attached hydrogens (tertiary/aromatic N) is 2. The summed E-state index contributed by atoms with van der Waals surface area (Å²) in [5, 5.41) is 4.55. The van der Waals surface area contributed by atoms with Crippen LogP contribution in [0.2, 0.25) is 0 Å². The lowest BCUT2D eigenvalue weighted by atomic mass is 10.1. The van der Waals surface area contributed by atoms with Gasteiger partial charge in [0.05, 0.1) is 23.1 Å². The van der Waals surface area contributed by atoms with E-state index in [-0.39, 0.29) is 28.5 Å². The van der Waals surface area contributed by atoms with E-state index < -0.39 is 34.8 Å². The Balaban J connectivity index is 1.63. The van der Waals surface area contributed by atoms with Crippen molar-refractivity contribution in [2.75, 3.05) is 11.5 Å². The van der Waals surface area contributed by atoms with Crippen LogP contribution in [0.3, 0.4) is 0 Å². The van der Waals surface area contributed by atoms with Crippen molar-refractivity contribution in [2.45, 2.75) is 13.8 Å². The van der Waals surface area contributed by atoms with Gasteiger partial charge in [0.15, 0.2) is 11.6 Å². The largest absolute Gasteiger partial charge is 0.454 e. The molecule has 0 amide bonds. The van der Waals surface area contributed by atoms with Gasteiger partial charge in [-0.2, -0.15) is 9.49 Å². The zero-order valence-corrected chi connectivity index (χ0v) is 19.7. The molecular formula is C26H21F4N5O2. The first kappa shape index (κ1) is 25.3. The standard InChI is InChI=1S/C26H21F4N5O2/c1-13(6-16(7-14(2)27)37-23-5-3-4-18(28)24(23)30)12-35-26(32)17(11-33-35)25(36)22-9-15-8-19(29)20(31)10-21(15)34-22/h3-12,34H,31-32H2,1-2H3/b13-12+,14-7+,16-6+. The summed E-state index contributed by atoms with van der Waals surface area (Å²) in [7, 11) is 0. The molecule has 0 spiro atoms. The fourth-order valence-electron chi connectivity index (χ4n) is 3.53. The van der Waals surface area contributed by atoms with Crippen LogP contribution in [-0.4, -0.2) is 20.5 Å². The molecule has 2 aromatic carbocycles. The molecule has 0 saturated heterocycles. The number of H-pyrrole nitrogens is 1. The summed E-state index contributed by atoms with van der Waals surface area (Å²) in [6, 6.07) is 7.45. The van der Waals surface area contributed by atoms with Crippen molar-refractivity contribution >= 4 is 34.4 Å². The van der Waals surface area contributed by atoms with Gasteiger partial charge >= 0.3 is 0 Å². The Hall–Kier alpha value is -4.80. The van der Waals surface area contributed by atoms with E-state index in [4.69, 9.17) is 16.2 Å². The summed E-state index contributed by atoms with van der Waals surface area (Å²) >= 11 is 0. The van der Waals surface area contributed by atoms with Gasteiger partial charge in [-0.3, -0.25) is 4.79 Å². The molecule has 0 fully saturated rings. The number of nitrogens with two attached hydrogens (primary N) is 2. The quantitative estimate of drug-likeness (QED) is 0.0944. The molecule has 4 aromatic rings. The first-order valence-corrected chi connectivity index (χ1v) is 10.8. The monoisotopic (exact) mass is 511 g/mol. The molecule has 0 aliphatic rings. The lowest BCUT2D eigenvalue weighted by Crippen LogP contribution is -2.06. The molecule has 0 aliphatic heterocycles. The van der Waals surface area contributed by atoms with E-state index in [2.05, 4.69) is 10.1 Å². The molecule has 0 unspecified atom stereocenters. The van der Waals surface area contributed by atoms with Gasteiger partial charge < -0.3 is 21.2 Å². The van der Waals surface area contributed by atoms with E-state index in [1.807, 2.05) is 0 Å². The number of rotatable bonds is 7. The third kappa shape index (κ3) is 5.40. The van der Waals surface area contributed by atoms with Crippen molar-refractivity contribution < 1.29 is 27.1 Å². The average Bonchev–Trinajstić information content (AvgIpc) is 3.39. The smallest absolute Gasteiger partial charge is 0.214 e. The zero-order chi connectivity index (χ0) is 26.9. The maximum Gasteiger partial charge on any atom is 0.214 e. The molecule has 4 rings (SSSR count). The minimum atomic E-state index is -1.22. The number of aromatic amines is 1. The van der Waals surface area contributed by atoms with E-state index in [0.29, 0.717) is 16.5 Å². The van der Waals surface area contributed by atoms with Crippen molar-refractivity contribution in [2.24, 2.45) is 0 Å². The summed E-state index contributed by atoms with van der Waals surface area (Å²) in [6.45, 7) is 2.76. The fraction of sp³-hybridized carbons (Fsp3) is 0.0769. The molecule has 2 aromatic heterocycles. The number of nitrogens with one attached hydrogen (secondary N) is 1. The molecule has 11 heteroatoms. The van der Waals surface area contributed by atoms with E-state index in [1.54, 1.807) is 6.92 Å². The highest BCUT2D eigenvalue weighted by Crippen LogP contribution is 2.25. The maximum absolute atomic E-state index is 14.0. The number of halogens is 4. The van der Waals surface area contributed by atoms with Crippen LogP contribution in [0, 0.1) is 17.5 Å². The van der Waals surface area contributed by atoms with E-state index >= 15 is 0 Å². The van der Waals surface area contributed by atoms with Crippen LogP contribution in [0.1, 0.15) is 29.9 Å². The van der Waals surface area contributed by atoms with Crippen molar-refractivity contribution in [3.05, 3.63) is 101 Å². The number of anilines is 2. The van der Waals surface area contributed by atoms with Crippen LogP contribution in [0.15, 0.2) is 71.9 Å². The van der Waals surface area contributed by atoms with Gasteiger partial charge in [-0.1, -0.05) is 6.07 Å². The number of aromatic nitrogens is 3. The van der Waals surface area contributed by atoms with Crippen LogP contribution >= 0.6 is 0 Å². The Kier molecular flexibility index (Phi) is 6.87. The first-order chi connectivity index (χ1) is 17.5. The number of ether oxygens (including phenoxy) is 1. The SMILES string of the molecule is C\C(F)=C/C(=C\C(C)=C\n1ncc(C(=O)c2cc3cc(F)c(N)cc3[nH]2)c1N)Oc1cccc(F)c1F. The van der Waals surface area contributed by atoms with Crippen LogP contribution in [0.4, 0.5) is 29.1 Å². The number of benzene rings is 2. The summed E-state index contributed by atoms with van der Waals surface area (Å²) in [5.74, 6) is -4.61. The molecule has 37 heavy (non-hydrogen) atoms. The Labute approximate surface area is 208 Å². The van der Waals surface area contributed by atoms with Gasteiger partial charge in [0.1, 0.15) is 23.2 Å². The van der Waals surface area contributed by atoms with Gasteiger partial charge in [-0.15, -0.1) is 0 Å². The molecule has 190 valence electrons. The minimum absolute atomic E-state index is 0.00189. The Morgan fingerprint density at radius 2 is 1.84 bits per heavy atom. The second-order valence-electron chi connectivity index (χ2n) is 8.17. The van der Waals surface area contributed by atoms with Gasteiger partial charge in [0.2, 0.25) is 11.6 Å². The summed E-state index contributed by atoms with van der Waals surface area (Å²) in [5.41, 5.74) is 12.8. The number of hydrogen-bond acceptors (Lipinski definition) is 5. The Bertz CT molecular complexity index is 1570. The number of allylic oxidation sites excluding steroid dienone is 4. The lowest BCUT2D eigenvalue weighted by Gasteiger charge is -2.09. The average molecular weight is 511 g/mol. The second kappa shape index (κ2) is 10.1. The highest BCUT2D eigenvalue weighted by atomic mass is 19.2. The van der Waals surface area contributed by atoms with Crippen molar-refractivity contribution in [1.29, 1.82) is 0 Å². The molecule has 0 aliphatic carbocycles. The van der Waals surface area contributed by atoms with Crippen molar-refractivity contribution in [3.8, 4) is 5.75 Å². The van der Waals surface area contributed by atoms with Gasteiger partial charge in [0, 0.05) is 23.2 Å². The number of carbonyl (C=O) groups excluding carboxylic acids is 1. The molecular weight excluding hydrogens is 490 g/mol. The maximum atomic E-state index is 14.0. The Morgan fingerprint density at radius 1 is 1.08 bits per heavy atom. The molecule has 7 nitrogen and oxygen atoms in total. The second-order valence-corrected chi connectivity index (χ2v) is 8.17. The summed E-state index contributed by atoms with van der Waals surface area (Å²) in [6.07, 6.45) is 5.04. The van der Waals surface area contributed by atoms with E-state index in [0.717, 1.165) is 19.1 Å². The van der Waals surface area contributed by atoms with Gasteiger partial charge in [0.25, 0.3) is 0 Å². The third-order valence-electron chi connectivity index (χ3n) is 5.24. The number of fused-ring (bicyclic) bond motifs is 1. The predicted molar refractivity (Wildman–Crippen MR) is 133 cm³/mol.